The van der Waals surface area contributed by atoms with Gasteiger partial charge in [-0.05, 0) is 25.7 Å². The van der Waals surface area contributed by atoms with E-state index in [9.17, 15) is 14.7 Å². The summed E-state index contributed by atoms with van der Waals surface area (Å²) in [5.41, 5.74) is -1.03. The third kappa shape index (κ3) is 3.25. The summed E-state index contributed by atoms with van der Waals surface area (Å²) in [4.78, 5) is 25.6. The first-order chi connectivity index (χ1) is 9.55. The van der Waals surface area contributed by atoms with Crippen LogP contribution in [0.2, 0.25) is 0 Å². The van der Waals surface area contributed by atoms with Gasteiger partial charge in [-0.2, -0.15) is 0 Å². The van der Waals surface area contributed by atoms with Gasteiger partial charge in [-0.15, -0.1) is 0 Å². The molecule has 0 spiro atoms. The van der Waals surface area contributed by atoms with Gasteiger partial charge in [0.1, 0.15) is 5.54 Å². The lowest BCUT2D eigenvalue weighted by atomic mass is 9.98. The molecule has 0 saturated heterocycles. The molecule has 2 fully saturated rings. The summed E-state index contributed by atoms with van der Waals surface area (Å²) in [5.74, 6) is -0.891. The molecule has 0 heterocycles. The van der Waals surface area contributed by atoms with Gasteiger partial charge in [-0.25, -0.2) is 9.59 Å². The molecule has 2 aliphatic carbocycles. The number of aliphatic carboxylic acids is 1. The van der Waals surface area contributed by atoms with E-state index in [1.54, 1.807) is 11.9 Å². The number of carbonyl (C=O) groups excluding carboxylic acids is 1. The van der Waals surface area contributed by atoms with E-state index in [-0.39, 0.29) is 12.1 Å². The topological polar surface area (TPSA) is 69.6 Å². The van der Waals surface area contributed by atoms with Crippen LogP contribution in [0.5, 0.6) is 0 Å². The first-order valence-electron chi connectivity index (χ1n) is 7.83. The molecule has 0 bridgehead atoms. The second-order valence-corrected chi connectivity index (χ2v) is 6.28. The molecule has 5 nitrogen and oxygen atoms in total. The van der Waals surface area contributed by atoms with Crippen LogP contribution in [0.1, 0.15) is 64.2 Å². The van der Waals surface area contributed by atoms with E-state index in [4.69, 9.17) is 0 Å². The van der Waals surface area contributed by atoms with Crippen molar-refractivity contribution in [3.63, 3.8) is 0 Å². The first-order valence-corrected chi connectivity index (χ1v) is 7.83. The van der Waals surface area contributed by atoms with Crippen molar-refractivity contribution >= 4 is 12.0 Å². The van der Waals surface area contributed by atoms with Gasteiger partial charge in [0.05, 0.1) is 0 Å². The molecule has 114 valence electrons. The molecule has 0 aromatic rings. The SMILES string of the molecule is CN(C(=O)NC1(C(=O)O)CCCC1)C1CCCCCC1. The zero-order chi connectivity index (χ0) is 14.6. The third-order valence-corrected chi connectivity index (χ3v) is 4.91. The average molecular weight is 282 g/mol. The van der Waals surface area contributed by atoms with E-state index >= 15 is 0 Å². The van der Waals surface area contributed by atoms with Crippen molar-refractivity contribution in [3.8, 4) is 0 Å². The molecular formula is C15H26N2O3. The smallest absolute Gasteiger partial charge is 0.329 e. The Morgan fingerprint density at radius 2 is 1.60 bits per heavy atom. The van der Waals surface area contributed by atoms with E-state index in [0.29, 0.717) is 12.8 Å². The maximum absolute atomic E-state index is 12.4. The van der Waals surface area contributed by atoms with E-state index in [2.05, 4.69) is 5.32 Å². The Bertz CT molecular complexity index is 356. The molecule has 20 heavy (non-hydrogen) atoms. The molecule has 5 heteroatoms. The fourth-order valence-corrected chi connectivity index (χ4v) is 3.47. The van der Waals surface area contributed by atoms with Crippen LogP contribution in [-0.4, -0.2) is 40.6 Å². The maximum Gasteiger partial charge on any atom is 0.329 e. The number of carboxylic acids is 1. The van der Waals surface area contributed by atoms with Crippen LogP contribution in [0.4, 0.5) is 4.79 Å². The molecule has 2 rings (SSSR count). The number of carboxylic acid groups (broad SMARTS) is 1. The highest BCUT2D eigenvalue weighted by molar-refractivity contribution is 5.86. The highest BCUT2D eigenvalue weighted by Gasteiger charge is 2.43. The molecule has 2 saturated carbocycles. The van der Waals surface area contributed by atoms with Crippen molar-refractivity contribution in [2.75, 3.05) is 7.05 Å². The Balaban J connectivity index is 1.97. The largest absolute Gasteiger partial charge is 0.480 e. The van der Waals surface area contributed by atoms with Crippen molar-refractivity contribution in [2.45, 2.75) is 75.8 Å². The molecule has 0 aliphatic heterocycles. The standard InChI is InChI=1S/C15H26N2O3/c1-17(12-8-4-2-3-5-9-12)14(20)16-15(13(18)19)10-6-7-11-15/h12H,2-11H2,1H3,(H,16,20)(H,18,19). The summed E-state index contributed by atoms with van der Waals surface area (Å²) in [6.45, 7) is 0. The second kappa shape index (κ2) is 6.46. The molecule has 0 radical (unpaired) electrons. The fraction of sp³-hybridized carbons (Fsp3) is 0.867. The Kier molecular flexibility index (Phi) is 4.89. The van der Waals surface area contributed by atoms with Gasteiger partial charge < -0.3 is 15.3 Å². The summed E-state index contributed by atoms with van der Waals surface area (Å²) in [6, 6.07) is 0.0333. The Hall–Kier alpha value is -1.26. The zero-order valence-electron chi connectivity index (χ0n) is 12.4. The predicted molar refractivity (Wildman–Crippen MR) is 76.6 cm³/mol. The number of hydrogen-bond donors (Lipinski definition) is 2. The van der Waals surface area contributed by atoms with Crippen molar-refractivity contribution in [1.29, 1.82) is 0 Å². The predicted octanol–water partition coefficient (Wildman–Crippen LogP) is 2.75. The quantitative estimate of drug-likeness (QED) is 0.782. The van der Waals surface area contributed by atoms with Gasteiger partial charge in [0.2, 0.25) is 0 Å². The minimum atomic E-state index is -1.03. The lowest BCUT2D eigenvalue weighted by Gasteiger charge is -2.32. The molecular weight excluding hydrogens is 256 g/mol. The van der Waals surface area contributed by atoms with Crippen LogP contribution >= 0.6 is 0 Å². The summed E-state index contributed by atoms with van der Waals surface area (Å²) in [5, 5.41) is 12.2. The van der Waals surface area contributed by atoms with Crippen LogP contribution in [0.25, 0.3) is 0 Å². The van der Waals surface area contributed by atoms with E-state index in [1.807, 2.05) is 0 Å². The summed E-state index contributed by atoms with van der Waals surface area (Å²) < 4.78 is 0. The van der Waals surface area contributed by atoms with E-state index in [1.165, 1.54) is 12.8 Å². The van der Waals surface area contributed by atoms with Gasteiger partial charge >= 0.3 is 12.0 Å². The number of rotatable bonds is 3. The number of nitrogens with one attached hydrogen (secondary N) is 1. The molecule has 0 atom stereocenters. The molecule has 0 aromatic carbocycles. The second-order valence-electron chi connectivity index (χ2n) is 6.28. The zero-order valence-corrected chi connectivity index (χ0v) is 12.4. The first kappa shape index (κ1) is 15.1. The highest BCUT2D eigenvalue weighted by atomic mass is 16.4. The van der Waals surface area contributed by atoms with Gasteiger partial charge in [-0.1, -0.05) is 38.5 Å². The van der Waals surface area contributed by atoms with Crippen molar-refractivity contribution in [3.05, 3.63) is 0 Å². The number of hydrogen-bond acceptors (Lipinski definition) is 2. The fourth-order valence-electron chi connectivity index (χ4n) is 3.47. The van der Waals surface area contributed by atoms with Crippen LogP contribution in [0.3, 0.4) is 0 Å². The Labute approximate surface area is 120 Å². The van der Waals surface area contributed by atoms with Crippen LogP contribution in [0, 0.1) is 0 Å². The monoisotopic (exact) mass is 282 g/mol. The Morgan fingerprint density at radius 3 is 2.10 bits per heavy atom. The van der Waals surface area contributed by atoms with Crippen molar-refractivity contribution in [1.82, 2.24) is 10.2 Å². The van der Waals surface area contributed by atoms with Crippen LogP contribution < -0.4 is 5.32 Å². The molecule has 0 unspecified atom stereocenters. The van der Waals surface area contributed by atoms with Gasteiger partial charge in [0.25, 0.3) is 0 Å². The normalized spacial score (nSPS) is 23.1. The van der Waals surface area contributed by atoms with Gasteiger partial charge in [-0.3, -0.25) is 0 Å². The van der Waals surface area contributed by atoms with Crippen molar-refractivity contribution in [2.24, 2.45) is 0 Å². The van der Waals surface area contributed by atoms with E-state index in [0.717, 1.165) is 38.5 Å². The third-order valence-electron chi connectivity index (χ3n) is 4.91. The molecule has 2 amide bonds. The summed E-state index contributed by atoms with van der Waals surface area (Å²) >= 11 is 0. The Morgan fingerprint density at radius 1 is 1.05 bits per heavy atom. The lowest BCUT2D eigenvalue weighted by Crippen LogP contribution is -2.57. The highest BCUT2D eigenvalue weighted by Crippen LogP contribution is 2.30. The average Bonchev–Trinajstić information content (AvgIpc) is 2.74. The number of nitrogens with zero attached hydrogens (tertiary/aromatic N) is 1. The number of urea groups is 1. The molecule has 2 N–H and O–H groups in total. The summed E-state index contributed by atoms with van der Waals surface area (Å²) in [7, 11) is 1.80. The maximum atomic E-state index is 12.4. The van der Waals surface area contributed by atoms with Crippen molar-refractivity contribution < 1.29 is 14.7 Å². The minimum absolute atomic E-state index is 0.221. The van der Waals surface area contributed by atoms with Gasteiger partial charge in [0.15, 0.2) is 0 Å². The minimum Gasteiger partial charge on any atom is -0.480 e. The summed E-state index contributed by atoms with van der Waals surface area (Å²) in [6.07, 6.45) is 9.71. The molecule has 0 aromatic heterocycles. The molecule has 2 aliphatic rings. The lowest BCUT2D eigenvalue weighted by molar-refractivity contribution is -0.144. The number of carbonyl (C=O) groups is 2. The van der Waals surface area contributed by atoms with Crippen LogP contribution in [0.15, 0.2) is 0 Å². The van der Waals surface area contributed by atoms with Gasteiger partial charge in [0, 0.05) is 13.1 Å². The van der Waals surface area contributed by atoms with E-state index < -0.39 is 11.5 Å². The number of amides is 2. The van der Waals surface area contributed by atoms with Crippen LogP contribution in [-0.2, 0) is 4.79 Å².